The average molecular weight is 387 g/mol. The molecule has 1 saturated heterocycles. The van der Waals surface area contributed by atoms with Crippen molar-refractivity contribution in [2.24, 2.45) is 0 Å². The Morgan fingerprint density at radius 2 is 1.81 bits per heavy atom. The molecule has 5 nitrogen and oxygen atoms in total. The number of hydrogen-bond donors (Lipinski definition) is 1. The predicted octanol–water partition coefficient (Wildman–Crippen LogP) is 4.03. The Bertz CT molecular complexity index is 932. The van der Waals surface area contributed by atoms with Gasteiger partial charge in [0.25, 0.3) is 5.91 Å². The summed E-state index contributed by atoms with van der Waals surface area (Å²) in [5.74, 6) is -0.375. The number of nitrogens with zero attached hydrogens (tertiary/aromatic N) is 1. The quantitative estimate of drug-likeness (QED) is 0.814. The minimum atomic E-state index is -3.47. The van der Waals surface area contributed by atoms with Gasteiger partial charge in [0.1, 0.15) is 0 Å². The molecule has 1 amide bonds. The summed E-state index contributed by atoms with van der Waals surface area (Å²) in [5.41, 5.74) is 3.15. The zero-order chi connectivity index (χ0) is 19.4. The van der Waals surface area contributed by atoms with Crippen LogP contribution in [0.2, 0.25) is 0 Å². The van der Waals surface area contributed by atoms with E-state index in [1.165, 1.54) is 24.6 Å². The number of amides is 1. The molecule has 1 heterocycles. The molecule has 0 atom stereocenters. The van der Waals surface area contributed by atoms with Crippen molar-refractivity contribution in [1.29, 1.82) is 0 Å². The largest absolute Gasteiger partial charge is 0.371 e. The second-order valence-corrected chi connectivity index (χ2v) is 9.04. The molecule has 0 aliphatic carbocycles. The third kappa shape index (κ3) is 4.33. The van der Waals surface area contributed by atoms with Crippen LogP contribution < -0.4 is 10.2 Å². The van der Waals surface area contributed by atoms with Crippen LogP contribution in [0.1, 0.15) is 42.1 Å². The van der Waals surface area contributed by atoms with Crippen molar-refractivity contribution < 1.29 is 13.2 Å². The van der Waals surface area contributed by atoms with E-state index in [1.54, 1.807) is 18.2 Å². The summed E-state index contributed by atoms with van der Waals surface area (Å²) < 4.78 is 24.9. The summed E-state index contributed by atoms with van der Waals surface area (Å²) in [4.78, 5) is 15.2. The smallest absolute Gasteiger partial charge is 0.256 e. The maximum Gasteiger partial charge on any atom is 0.256 e. The van der Waals surface area contributed by atoms with E-state index < -0.39 is 15.7 Å². The van der Waals surface area contributed by atoms with Crippen molar-refractivity contribution in [2.45, 2.75) is 38.0 Å². The second kappa shape index (κ2) is 8.13. The fourth-order valence-corrected chi connectivity index (χ4v) is 5.09. The van der Waals surface area contributed by atoms with Gasteiger partial charge in [-0.2, -0.15) is 0 Å². The minimum Gasteiger partial charge on any atom is -0.371 e. The number of anilines is 2. The number of nitrogens with one attached hydrogen (secondary N) is 1. The standard InChI is InChI=1S/C21H26N2O3S/c1-3-14-27(25,26)20-9-5-4-8-18(20)21(24)22-17-10-11-19(16(2)15-17)23-12-6-7-13-23/h4-5,8-11,15H,3,6-7,12-14H2,1-2H3,(H,22,24). The lowest BCUT2D eigenvalue weighted by Crippen LogP contribution is -2.19. The molecule has 144 valence electrons. The van der Waals surface area contributed by atoms with Crippen molar-refractivity contribution >= 4 is 27.1 Å². The Balaban J connectivity index is 1.83. The van der Waals surface area contributed by atoms with Crippen LogP contribution in [0.5, 0.6) is 0 Å². The first-order valence-corrected chi connectivity index (χ1v) is 11.1. The summed E-state index contributed by atoms with van der Waals surface area (Å²) in [7, 11) is -3.47. The van der Waals surface area contributed by atoms with Crippen LogP contribution in [-0.4, -0.2) is 33.2 Å². The highest BCUT2D eigenvalue weighted by Crippen LogP contribution is 2.27. The molecule has 0 spiro atoms. The van der Waals surface area contributed by atoms with Gasteiger partial charge in [-0.05, 0) is 62.1 Å². The molecular formula is C21H26N2O3S. The SMILES string of the molecule is CCCS(=O)(=O)c1ccccc1C(=O)Nc1ccc(N2CCCC2)c(C)c1. The van der Waals surface area contributed by atoms with Crippen molar-refractivity contribution in [2.75, 3.05) is 29.1 Å². The van der Waals surface area contributed by atoms with Crippen LogP contribution in [-0.2, 0) is 9.84 Å². The van der Waals surface area contributed by atoms with E-state index in [0.29, 0.717) is 12.1 Å². The second-order valence-electron chi connectivity index (χ2n) is 6.96. The van der Waals surface area contributed by atoms with E-state index in [4.69, 9.17) is 0 Å². The van der Waals surface area contributed by atoms with Gasteiger partial charge in [-0.1, -0.05) is 19.1 Å². The maximum absolute atomic E-state index is 12.8. The number of rotatable bonds is 6. The lowest BCUT2D eigenvalue weighted by atomic mass is 10.1. The molecule has 0 unspecified atom stereocenters. The number of carbonyl (C=O) groups excluding carboxylic acids is 1. The van der Waals surface area contributed by atoms with Crippen molar-refractivity contribution in [3.8, 4) is 0 Å². The van der Waals surface area contributed by atoms with Crippen molar-refractivity contribution in [1.82, 2.24) is 0 Å². The molecule has 1 fully saturated rings. The van der Waals surface area contributed by atoms with Crippen LogP contribution in [0.15, 0.2) is 47.4 Å². The lowest BCUT2D eigenvalue weighted by molar-refractivity contribution is 0.102. The van der Waals surface area contributed by atoms with Gasteiger partial charge >= 0.3 is 0 Å². The molecule has 1 N–H and O–H groups in total. The van der Waals surface area contributed by atoms with E-state index in [2.05, 4.69) is 10.2 Å². The molecule has 1 aliphatic rings. The van der Waals surface area contributed by atoms with Gasteiger partial charge < -0.3 is 10.2 Å². The van der Waals surface area contributed by atoms with E-state index in [-0.39, 0.29) is 16.2 Å². The monoisotopic (exact) mass is 386 g/mol. The van der Waals surface area contributed by atoms with Gasteiger partial charge in [-0.25, -0.2) is 8.42 Å². The molecule has 0 saturated carbocycles. The topological polar surface area (TPSA) is 66.5 Å². The molecule has 6 heteroatoms. The van der Waals surface area contributed by atoms with Gasteiger partial charge in [0.15, 0.2) is 9.84 Å². The third-order valence-corrected chi connectivity index (χ3v) is 6.81. The molecule has 0 bridgehead atoms. The zero-order valence-electron chi connectivity index (χ0n) is 15.9. The Labute approximate surface area is 161 Å². The number of sulfone groups is 1. The van der Waals surface area contributed by atoms with Crippen LogP contribution >= 0.6 is 0 Å². The third-order valence-electron chi connectivity index (χ3n) is 4.84. The number of benzene rings is 2. The molecule has 0 aromatic heterocycles. The summed E-state index contributed by atoms with van der Waals surface area (Å²) in [6, 6.07) is 12.2. The summed E-state index contributed by atoms with van der Waals surface area (Å²) in [6.07, 6.45) is 2.93. The highest BCUT2D eigenvalue weighted by molar-refractivity contribution is 7.91. The van der Waals surface area contributed by atoms with Gasteiger partial charge in [-0.3, -0.25) is 4.79 Å². The maximum atomic E-state index is 12.8. The normalized spacial score (nSPS) is 14.4. The molecule has 27 heavy (non-hydrogen) atoms. The van der Waals surface area contributed by atoms with Crippen molar-refractivity contribution in [3.05, 3.63) is 53.6 Å². The molecule has 2 aromatic carbocycles. The summed E-state index contributed by atoms with van der Waals surface area (Å²) >= 11 is 0. The zero-order valence-corrected chi connectivity index (χ0v) is 16.7. The van der Waals surface area contributed by atoms with Gasteiger partial charge in [0, 0.05) is 24.5 Å². The van der Waals surface area contributed by atoms with E-state index in [0.717, 1.165) is 18.7 Å². The van der Waals surface area contributed by atoms with Gasteiger partial charge in [0.2, 0.25) is 0 Å². The Morgan fingerprint density at radius 3 is 2.48 bits per heavy atom. The van der Waals surface area contributed by atoms with Gasteiger partial charge in [0.05, 0.1) is 16.2 Å². The number of hydrogen-bond acceptors (Lipinski definition) is 4. The first-order chi connectivity index (χ1) is 12.9. The van der Waals surface area contributed by atoms with Gasteiger partial charge in [-0.15, -0.1) is 0 Å². The molecule has 0 radical (unpaired) electrons. The first-order valence-electron chi connectivity index (χ1n) is 9.41. The number of carbonyl (C=O) groups is 1. The fourth-order valence-electron chi connectivity index (χ4n) is 3.55. The summed E-state index contributed by atoms with van der Waals surface area (Å²) in [6.45, 7) is 5.97. The van der Waals surface area contributed by atoms with E-state index in [1.807, 2.05) is 32.0 Å². The van der Waals surface area contributed by atoms with Crippen LogP contribution in [0, 0.1) is 6.92 Å². The Morgan fingerprint density at radius 1 is 1.11 bits per heavy atom. The van der Waals surface area contributed by atoms with E-state index in [9.17, 15) is 13.2 Å². The van der Waals surface area contributed by atoms with Crippen LogP contribution in [0.3, 0.4) is 0 Å². The van der Waals surface area contributed by atoms with Crippen LogP contribution in [0.4, 0.5) is 11.4 Å². The highest BCUT2D eigenvalue weighted by Gasteiger charge is 2.22. The molecule has 1 aliphatic heterocycles. The predicted molar refractivity (Wildman–Crippen MR) is 109 cm³/mol. The first kappa shape index (κ1) is 19.4. The fraction of sp³-hybridized carbons (Fsp3) is 0.381. The minimum absolute atomic E-state index is 0.0287. The van der Waals surface area contributed by atoms with E-state index >= 15 is 0 Å². The van der Waals surface area contributed by atoms with Crippen molar-refractivity contribution in [3.63, 3.8) is 0 Å². The Kier molecular flexibility index (Phi) is 5.85. The highest BCUT2D eigenvalue weighted by atomic mass is 32.2. The molecular weight excluding hydrogens is 360 g/mol. The Hall–Kier alpha value is -2.34. The number of aryl methyl sites for hydroxylation is 1. The summed E-state index contributed by atoms with van der Waals surface area (Å²) in [5, 5.41) is 2.85. The van der Waals surface area contributed by atoms with Crippen LogP contribution in [0.25, 0.3) is 0 Å². The lowest BCUT2D eigenvalue weighted by Gasteiger charge is -2.21. The average Bonchev–Trinajstić information content (AvgIpc) is 3.16. The molecule has 3 rings (SSSR count). The molecule has 2 aromatic rings.